The number of ether oxygens (including phenoxy) is 2. The number of para-hydroxylation sites is 1. The molecule has 0 unspecified atom stereocenters. The van der Waals surface area contributed by atoms with Gasteiger partial charge in [-0.25, -0.2) is 0 Å². The molecule has 176 valence electrons. The van der Waals surface area contributed by atoms with Crippen molar-refractivity contribution in [2.45, 2.75) is 17.8 Å². The van der Waals surface area contributed by atoms with Crippen molar-refractivity contribution in [3.05, 3.63) is 84.3 Å². The minimum atomic E-state index is 0.437. The number of benzene rings is 3. The highest BCUT2D eigenvalue weighted by Gasteiger charge is 2.20. The van der Waals surface area contributed by atoms with E-state index in [2.05, 4.69) is 51.5 Å². The zero-order valence-corrected chi connectivity index (χ0v) is 20.3. The molecule has 0 amide bonds. The quantitative estimate of drug-likeness (QED) is 0.262. The minimum Gasteiger partial charge on any atom is -0.497 e. The number of aryl methyl sites for hydroxylation is 1. The molecule has 0 N–H and O–H groups in total. The fourth-order valence-corrected chi connectivity index (χ4v) is 4.40. The zero-order chi connectivity index (χ0) is 24.2. The molecule has 2 heterocycles. The van der Waals surface area contributed by atoms with Crippen LogP contribution in [-0.4, -0.2) is 39.1 Å². The Balaban J connectivity index is 1.46. The van der Waals surface area contributed by atoms with Gasteiger partial charge < -0.3 is 14.0 Å². The van der Waals surface area contributed by atoms with Crippen LogP contribution in [0.4, 0.5) is 0 Å². The maximum atomic E-state index is 5.58. The van der Waals surface area contributed by atoms with Crippen LogP contribution in [0.3, 0.4) is 0 Å². The molecule has 8 nitrogen and oxygen atoms in total. The summed E-state index contributed by atoms with van der Waals surface area (Å²) in [6.07, 6.45) is 0. The molecule has 9 heteroatoms. The molecule has 3 aromatic carbocycles. The molecule has 0 saturated carbocycles. The number of hydrogen-bond donors (Lipinski definition) is 0. The van der Waals surface area contributed by atoms with Gasteiger partial charge in [-0.15, -0.1) is 10.2 Å². The standard InChI is InChI=1S/C26H23N5O3S/c1-17-11-13-19(14-12-17)31-25(21-9-4-5-10-22(21)33-3)28-29-26(31)35-16-23-27-24(30-34-23)18-7-6-8-20(15-18)32-2/h4-15H,16H2,1-3H3. The molecule has 0 spiro atoms. The summed E-state index contributed by atoms with van der Waals surface area (Å²) in [5.74, 6) is 3.59. The lowest BCUT2D eigenvalue weighted by atomic mass is 10.1. The van der Waals surface area contributed by atoms with Gasteiger partial charge >= 0.3 is 0 Å². The van der Waals surface area contributed by atoms with Crippen molar-refractivity contribution in [3.63, 3.8) is 0 Å². The molecule has 5 rings (SSSR count). The molecule has 0 atom stereocenters. The summed E-state index contributed by atoms with van der Waals surface area (Å²) in [5.41, 5.74) is 3.80. The Morgan fingerprint density at radius 2 is 1.74 bits per heavy atom. The lowest BCUT2D eigenvalue weighted by molar-refractivity contribution is 0.391. The van der Waals surface area contributed by atoms with Crippen molar-refractivity contribution >= 4 is 11.8 Å². The third-order valence-corrected chi connectivity index (χ3v) is 6.31. The smallest absolute Gasteiger partial charge is 0.237 e. The Hall–Kier alpha value is -4.11. The average molecular weight is 486 g/mol. The zero-order valence-electron chi connectivity index (χ0n) is 19.5. The number of methoxy groups -OCH3 is 2. The maximum absolute atomic E-state index is 5.58. The van der Waals surface area contributed by atoms with Crippen molar-refractivity contribution in [1.82, 2.24) is 24.9 Å². The second-order valence-electron chi connectivity index (χ2n) is 7.71. The van der Waals surface area contributed by atoms with E-state index >= 15 is 0 Å². The molecule has 0 saturated heterocycles. The van der Waals surface area contributed by atoms with E-state index in [1.807, 2.05) is 53.1 Å². The summed E-state index contributed by atoms with van der Waals surface area (Å²) in [7, 11) is 3.28. The average Bonchev–Trinajstić information content (AvgIpc) is 3.55. The van der Waals surface area contributed by atoms with E-state index < -0.39 is 0 Å². The second-order valence-corrected chi connectivity index (χ2v) is 8.65. The van der Waals surface area contributed by atoms with Crippen molar-refractivity contribution in [1.29, 1.82) is 0 Å². The maximum Gasteiger partial charge on any atom is 0.237 e. The highest BCUT2D eigenvalue weighted by Crippen LogP contribution is 2.34. The molecule has 0 radical (unpaired) electrons. The summed E-state index contributed by atoms with van der Waals surface area (Å²) in [6.45, 7) is 2.06. The van der Waals surface area contributed by atoms with E-state index in [0.29, 0.717) is 28.4 Å². The fraction of sp³-hybridized carbons (Fsp3) is 0.154. The number of thioether (sulfide) groups is 1. The molecule has 0 aliphatic carbocycles. The van der Waals surface area contributed by atoms with Gasteiger partial charge in [-0.05, 0) is 43.3 Å². The fourth-order valence-electron chi connectivity index (χ4n) is 3.61. The van der Waals surface area contributed by atoms with Crippen molar-refractivity contribution in [2.75, 3.05) is 14.2 Å². The van der Waals surface area contributed by atoms with Crippen LogP contribution in [0.25, 0.3) is 28.5 Å². The SMILES string of the molecule is COc1cccc(-c2noc(CSc3nnc(-c4ccccc4OC)n3-c3ccc(C)cc3)n2)c1. The molecular formula is C26H23N5O3S. The topological polar surface area (TPSA) is 88.1 Å². The van der Waals surface area contributed by atoms with Gasteiger partial charge in [0.15, 0.2) is 11.0 Å². The molecule has 0 fully saturated rings. The molecule has 2 aromatic heterocycles. The predicted molar refractivity (Wildman–Crippen MR) is 134 cm³/mol. The molecule has 5 aromatic rings. The van der Waals surface area contributed by atoms with Gasteiger partial charge in [0, 0.05) is 11.3 Å². The predicted octanol–water partition coefficient (Wildman–Crippen LogP) is 5.60. The highest BCUT2D eigenvalue weighted by atomic mass is 32.2. The van der Waals surface area contributed by atoms with Crippen LogP contribution >= 0.6 is 11.8 Å². The van der Waals surface area contributed by atoms with E-state index in [9.17, 15) is 0 Å². The molecule has 35 heavy (non-hydrogen) atoms. The van der Waals surface area contributed by atoms with Gasteiger partial charge in [-0.1, -0.05) is 58.9 Å². The van der Waals surface area contributed by atoms with Gasteiger partial charge in [0.05, 0.1) is 25.5 Å². The van der Waals surface area contributed by atoms with Crippen LogP contribution in [0.5, 0.6) is 11.5 Å². The molecule has 0 aliphatic rings. The van der Waals surface area contributed by atoms with Gasteiger partial charge in [0.1, 0.15) is 11.5 Å². The Morgan fingerprint density at radius 3 is 2.54 bits per heavy atom. The lowest BCUT2D eigenvalue weighted by Crippen LogP contribution is -2.01. The van der Waals surface area contributed by atoms with Gasteiger partial charge in [0.2, 0.25) is 11.7 Å². The first-order valence-corrected chi connectivity index (χ1v) is 11.9. The van der Waals surface area contributed by atoms with Gasteiger partial charge in [-0.3, -0.25) is 4.57 Å². The van der Waals surface area contributed by atoms with Gasteiger partial charge in [0.25, 0.3) is 0 Å². The molecule has 0 aliphatic heterocycles. The highest BCUT2D eigenvalue weighted by molar-refractivity contribution is 7.98. The Morgan fingerprint density at radius 1 is 0.914 bits per heavy atom. The van der Waals surface area contributed by atoms with Crippen LogP contribution in [0.1, 0.15) is 11.5 Å². The summed E-state index contributed by atoms with van der Waals surface area (Å²) >= 11 is 1.47. The van der Waals surface area contributed by atoms with E-state index in [0.717, 1.165) is 28.3 Å². The van der Waals surface area contributed by atoms with Crippen molar-refractivity contribution in [3.8, 4) is 40.0 Å². The third-order valence-electron chi connectivity index (χ3n) is 5.39. The number of nitrogens with zero attached hydrogens (tertiary/aromatic N) is 5. The summed E-state index contributed by atoms with van der Waals surface area (Å²) < 4.78 is 18.4. The van der Waals surface area contributed by atoms with Crippen LogP contribution in [0.15, 0.2) is 82.5 Å². The summed E-state index contributed by atoms with van der Waals surface area (Å²) in [5, 5.41) is 13.8. The van der Waals surface area contributed by atoms with Crippen molar-refractivity contribution in [2.24, 2.45) is 0 Å². The molecular weight excluding hydrogens is 462 g/mol. The first-order chi connectivity index (χ1) is 17.2. The molecule has 0 bridgehead atoms. The van der Waals surface area contributed by atoms with Gasteiger partial charge in [-0.2, -0.15) is 4.98 Å². The monoisotopic (exact) mass is 485 g/mol. The first kappa shape index (κ1) is 22.7. The second kappa shape index (κ2) is 10.0. The van der Waals surface area contributed by atoms with E-state index in [4.69, 9.17) is 14.0 Å². The number of hydrogen-bond acceptors (Lipinski definition) is 8. The first-order valence-electron chi connectivity index (χ1n) is 10.9. The minimum absolute atomic E-state index is 0.437. The van der Waals surface area contributed by atoms with E-state index in [1.54, 1.807) is 14.2 Å². The van der Waals surface area contributed by atoms with Crippen LogP contribution in [0, 0.1) is 6.92 Å². The normalized spacial score (nSPS) is 10.9. The lowest BCUT2D eigenvalue weighted by Gasteiger charge is -2.12. The summed E-state index contributed by atoms with van der Waals surface area (Å²) in [6, 6.07) is 23.5. The van der Waals surface area contributed by atoms with Crippen LogP contribution in [0.2, 0.25) is 0 Å². The Labute approximate surface area is 206 Å². The Bertz CT molecular complexity index is 1450. The largest absolute Gasteiger partial charge is 0.497 e. The third kappa shape index (κ3) is 4.76. The van der Waals surface area contributed by atoms with Crippen LogP contribution in [-0.2, 0) is 5.75 Å². The number of rotatable bonds is 8. The van der Waals surface area contributed by atoms with E-state index in [1.165, 1.54) is 17.3 Å². The van der Waals surface area contributed by atoms with Crippen LogP contribution < -0.4 is 9.47 Å². The van der Waals surface area contributed by atoms with E-state index in [-0.39, 0.29) is 0 Å². The Kier molecular flexibility index (Phi) is 6.49. The number of aromatic nitrogens is 5. The summed E-state index contributed by atoms with van der Waals surface area (Å²) in [4.78, 5) is 4.55. The van der Waals surface area contributed by atoms with Crippen molar-refractivity contribution < 1.29 is 14.0 Å².